The molecule has 1 aliphatic heterocycles. The summed E-state index contributed by atoms with van der Waals surface area (Å²) >= 11 is 5.72. The van der Waals surface area contributed by atoms with Crippen LogP contribution >= 0.6 is 12.2 Å². The molecule has 0 radical (unpaired) electrons. The third-order valence-electron chi connectivity index (χ3n) is 5.83. The zero-order valence-electron chi connectivity index (χ0n) is 18.0. The number of rotatable bonds is 7. The minimum atomic E-state index is -0.242. The van der Waals surface area contributed by atoms with Gasteiger partial charge in [-0.3, -0.25) is 4.98 Å². The first-order valence-corrected chi connectivity index (χ1v) is 10.8. The molecule has 2 aromatic heterocycles. The highest BCUT2D eigenvalue weighted by Gasteiger charge is 2.41. The van der Waals surface area contributed by atoms with Crippen LogP contribution in [0.15, 0.2) is 54.7 Å². The molecule has 0 aliphatic carbocycles. The van der Waals surface area contributed by atoms with Crippen molar-refractivity contribution in [3.63, 3.8) is 0 Å². The highest BCUT2D eigenvalue weighted by atomic mass is 32.1. The number of nitrogens with zero attached hydrogens (tertiary/aromatic N) is 3. The van der Waals surface area contributed by atoms with Crippen molar-refractivity contribution < 1.29 is 9.13 Å². The predicted octanol–water partition coefficient (Wildman–Crippen LogP) is 4.64. The van der Waals surface area contributed by atoms with Gasteiger partial charge in [-0.05, 0) is 68.4 Å². The normalized spacial score (nSPS) is 18.5. The van der Waals surface area contributed by atoms with Crippen LogP contribution in [0.4, 0.5) is 4.39 Å². The quantitative estimate of drug-likeness (QED) is 0.430. The topological polar surface area (TPSA) is 42.3 Å². The van der Waals surface area contributed by atoms with Gasteiger partial charge >= 0.3 is 0 Å². The molecule has 7 heteroatoms. The van der Waals surface area contributed by atoms with Crippen molar-refractivity contribution in [1.29, 1.82) is 0 Å². The molecule has 1 N–H and O–H groups in total. The number of halogens is 1. The fourth-order valence-electron chi connectivity index (χ4n) is 4.45. The van der Waals surface area contributed by atoms with Crippen LogP contribution in [-0.2, 0) is 4.74 Å². The monoisotopic (exact) mass is 438 g/mol. The second kappa shape index (κ2) is 9.16. The average molecular weight is 439 g/mol. The molecule has 1 saturated heterocycles. The molecule has 1 aliphatic rings. The number of nitrogens with one attached hydrogen (secondary N) is 1. The third-order valence-corrected chi connectivity index (χ3v) is 6.18. The van der Waals surface area contributed by atoms with Gasteiger partial charge in [0.25, 0.3) is 0 Å². The molecule has 4 rings (SSSR count). The number of thiocarbonyl (C=S) groups is 1. The zero-order chi connectivity index (χ0) is 22.0. The number of hydrogen-bond donors (Lipinski definition) is 1. The first kappa shape index (κ1) is 21.5. The van der Waals surface area contributed by atoms with E-state index in [4.69, 9.17) is 17.0 Å². The summed E-state index contributed by atoms with van der Waals surface area (Å²) in [6.45, 7) is 5.47. The van der Waals surface area contributed by atoms with Crippen LogP contribution < -0.4 is 5.32 Å². The maximum absolute atomic E-state index is 14.6. The molecule has 31 heavy (non-hydrogen) atoms. The Kier molecular flexibility index (Phi) is 6.34. The molecule has 1 fully saturated rings. The van der Waals surface area contributed by atoms with Crippen LogP contribution in [0, 0.1) is 19.7 Å². The Balaban J connectivity index is 1.80. The van der Waals surface area contributed by atoms with Crippen molar-refractivity contribution in [2.75, 3.05) is 20.3 Å². The Morgan fingerprint density at radius 1 is 1.16 bits per heavy atom. The molecule has 0 saturated carbocycles. The van der Waals surface area contributed by atoms with E-state index in [1.807, 2.05) is 48.7 Å². The van der Waals surface area contributed by atoms with Gasteiger partial charge in [-0.25, -0.2) is 4.39 Å². The highest BCUT2D eigenvalue weighted by Crippen LogP contribution is 2.41. The van der Waals surface area contributed by atoms with Crippen LogP contribution in [0.3, 0.4) is 0 Å². The highest BCUT2D eigenvalue weighted by molar-refractivity contribution is 7.80. The van der Waals surface area contributed by atoms with Gasteiger partial charge in [-0.1, -0.05) is 18.2 Å². The molecule has 1 aromatic carbocycles. The molecule has 3 heterocycles. The number of pyridine rings is 1. The molecule has 5 nitrogen and oxygen atoms in total. The third kappa shape index (κ3) is 4.07. The lowest BCUT2D eigenvalue weighted by molar-refractivity contribution is 0.180. The molecule has 0 unspecified atom stereocenters. The van der Waals surface area contributed by atoms with Crippen LogP contribution in [0.5, 0.6) is 0 Å². The lowest BCUT2D eigenvalue weighted by atomic mass is 9.96. The molecule has 0 spiro atoms. The first-order valence-electron chi connectivity index (χ1n) is 10.4. The number of hydrogen-bond acceptors (Lipinski definition) is 3. The van der Waals surface area contributed by atoms with Crippen molar-refractivity contribution in [1.82, 2.24) is 19.8 Å². The Hall–Kier alpha value is -2.77. The van der Waals surface area contributed by atoms with Crippen molar-refractivity contribution >= 4 is 17.3 Å². The van der Waals surface area contributed by atoms with Crippen molar-refractivity contribution in [3.8, 4) is 5.69 Å². The van der Waals surface area contributed by atoms with Gasteiger partial charge in [0.05, 0.1) is 23.5 Å². The van der Waals surface area contributed by atoms with Gasteiger partial charge in [0.15, 0.2) is 5.11 Å². The van der Waals surface area contributed by atoms with Crippen LogP contribution in [-0.4, -0.2) is 39.8 Å². The maximum atomic E-state index is 14.6. The van der Waals surface area contributed by atoms with Crippen molar-refractivity contribution in [2.24, 2.45) is 0 Å². The first-order chi connectivity index (χ1) is 15.0. The Morgan fingerprint density at radius 2 is 1.94 bits per heavy atom. The van der Waals surface area contributed by atoms with E-state index in [0.29, 0.717) is 17.4 Å². The molecular weight excluding hydrogens is 411 g/mol. The summed E-state index contributed by atoms with van der Waals surface area (Å²) in [6, 6.07) is 14.8. The van der Waals surface area contributed by atoms with Gasteiger partial charge in [-0.15, -0.1) is 0 Å². The van der Waals surface area contributed by atoms with Gasteiger partial charge in [0, 0.05) is 37.8 Å². The van der Waals surface area contributed by atoms with E-state index >= 15 is 0 Å². The average Bonchev–Trinajstić information content (AvgIpc) is 3.25. The lowest BCUT2D eigenvalue weighted by Crippen LogP contribution is -2.31. The Labute approximate surface area is 187 Å². The van der Waals surface area contributed by atoms with E-state index in [0.717, 1.165) is 35.6 Å². The van der Waals surface area contributed by atoms with Crippen molar-refractivity contribution in [2.45, 2.75) is 32.4 Å². The van der Waals surface area contributed by atoms with Gasteiger partial charge in [0.1, 0.15) is 5.82 Å². The Morgan fingerprint density at radius 3 is 2.65 bits per heavy atom. The standard InChI is InChI=1S/C24H27FN4OS/c1-16-15-18(17(2)29(16)21-11-5-4-9-19(21)25)23-22(20-10-6-7-12-26-20)27-24(31)28(23)13-8-14-30-3/h4-7,9-12,15,22-23H,8,13-14H2,1-3H3,(H,27,31)/t22-,23-/m0/s1. The second-order valence-electron chi connectivity index (χ2n) is 7.78. The van der Waals surface area contributed by atoms with E-state index < -0.39 is 0 Å². The smallest absolute Gasteiger partial charge is 0.170 e. The summed E-state index contributed by atoms with van der Waals surface area (Å²) < 4.78 is 21.9. The van der Waals surface area contributed by atoms with Crippen LogP contribution in [0.2, 0.25) is 0 Å². The summed E-state index contributed by atoms with van der Waals surface area (Å²) in [5.74, 6) is -0.242. The SMILES string of the molecule is COCCCN1C(=S)N[C@@H](c2ccccn2)[C@@H]1c1cc(C)n(-c2ccccc2F)c1C. The number of ether oxygens (including phenoxy) is 1. The van der Waals surface area contributed by atoms with Gasteiger partial charge in [0.2, 0.25) is 0 Å². The summed E-state index contributed by atoms with van der Waals surface area (Å²) in [5, 5.41) is 4.17. The lowest BCUT2D eigenvalue weighted by Gasteiger charge is -2.28. The fraction of sp³-hybridized carbons (Fsp3) is 0.333. The summed E-state index contributed by atoms with van der Waals surface area (Å²) in [4.78, 5) is 6.80. The predicted molar refractivity (Wildman–Crippen MR) is 124 cm³/mol. The second-order valence-corrected chi connectivity index (χ2v) is 8.17. The number of aromatic nitrogens is 2. The molecule has 0 bridgehead atoms. The zero-order valence-corrected chi connectivity index (χ0v) is 18.8. The molecule has 162 valence electrons. The Bertz CT molecular complexity index is 1070. The van der Waals surface area contributed by atoms with E-state index in [2.05, 4.69) is 21.3 Å². The summed E-state index contributed by atoms with van der Waals surface area (Å²) in [6.07, 6.45) is 2.66. The van der Waals surface area contributed by atoms with E-state index in [9.17, 15) is 4.39 Å². The number of methoxy groups -OCH3 is 1. The number of para-hydroxylation sites is 1. The van der Waals surface area contributed by atoms with Crippen LogP contribution in [0.25, 0.3) is 5.69 Å². The summed E-state index contributed by atoms with van der Waals surface area (Å²) in [5.41, 5.74) is 4.57. The maximum Gasteiger partial charge on any atom is 0.170 e. The minimum Gasteiger partial charge on any atom is -0.385 e. The number of benzene rings is 1. The minimum absolute atomic E-state index is 0.0500. The molecule has 3 aromatic rings. The van der Waals surface area contributed by atoms with Crippen molar-refractivity contribution in [3.05, 3.63) is 83.2 Å². The summed E-state index contributed by atoms with van der Waals surface area (Å²) in [7, 11) is 1.71. The van der Waals surface area contributed by atoms with E-state index in [-0.39, 0.29) is 17.9 Å². The largest absolute Gasteiger partial charge is 0.385 e. The van der Waals surface area contributed by atoms with Gasteiger partial charge in [-0.2, -0.15) is 0 Å². The molecular formula is C24H27FN4OS. The molecule has 2 atom stereocenters. The van der Waals surface area contributed by atoms with E-state index in [1.165, 1.54) is 6.07 Å². The fourth-order valence-corrected chi connectivity index (χ4v) is 4.79. The van der Waals surface area contributed by atoms with E-state index in [1.54, 1.807) is 19.4 Å². The molecule has 0 amide bonds. The number of aryl methyl sites for hydroxylation is 1. The van der Waals surface area contributed by atoms with Gasteiger partial charge < -0.3 is 19.5 Å². The van der Waals surface area contributed by atoms with Crippen LogP contribution in [0.1, 0.15) is 41.1 Å².